The van der Waals surface area contributed by atoms with Gasteiger partial charge in [-0.05, 0) is 38.7 Å². The lowest BCUT2D eigenvalue weighted by Crippen LogP contribution is -2.44. The van der Waals surface area contributed by atoms with Crippen LogP contribution >= 0.6 is 0 Å². The van der Waals surface area contributed by atoms with Gasteiger partial charge in [0.15, 0.2) is 0 Å². The van der Waals surface area contributed by atoms with Crippen LogP contribution in [0.4, 0.5) is 5.95 Å². The summed E-state index contributed by atoms with van der Waals surface area (Å²) in [6.07, 6.45) is 5.68. The van der Waals surface area contributed by atoms with E-state index in [0.717, 1.165) is 51.0 Å². The largest absolute Gasteiger partial charge is 0.348 e. The van der Waals surface area contributed by atoms with E-state index in [1.165, 1.54) is 0 Å². The molecule has 2 aromatic rings. The Bertz CT molecular complexity index is 845. The third-order valence-corrected chi connectivity index (χ3v) is 5.24. The summed E-state index contributed by atoms with van der Waals surface area (Å²) in [6, 6.07) is 3.43. The van der Waals surface area contributed by atoms with Crippen LogP contribution in [-0.2, 0) is 6.54 Å². The molecule has 1 aliphatic heterocycles. The Hall–Kier alpha value is -2.64. The lowest BCUT2D eigenvalue weighted by molar-refractivity contribution is 0.0902. The van der Waals surface area contributed by atoms with E-state index in [-0.39, 0.29) is 23.4 Å². The van der Waals surface area contributed by atoms with Crippen molar-refractivity contribution in [3.63, 3.8) is 0 Å². The molecule has 1 amide bonds. The molecule has 1 aliphatic carbocycles. The zero-order chi connectivity index (χ0) is 18.1. The molecule has 1 saturated heterocycles. The van der Waals surface area contributed by atoms with Gasteiger partial charge in [0.05, 0.1) is 5.69 Å². The molecule has 2 N–H and O–H groups in total. The molecule has 8 nitrogen and oxygen atoms in total. The van der Waals surface area contributed by atoms with E-state index >= 15 is 0 Å². The molecule has 0 aromatic carbocycles. The zero-order valence-corrected chi connectivity index (χ0v) is 14.9. The maximum atomic E-state index is 12.2. The van der Waals surface area contributed by atoms with Gasteiger partial charge in [0, 0.05) is 43.9 Å². The van der Waals surface area contributed by atoms with Crippen molar-refractivity contribution in [1.29, 1.82) is 0 Å². The van der Waals surface area contributed by atoms with Crippen LogP contribution in [-0.4, -0.2) is 44.8 Å². The average molecular weight is 356 g/mol. The number of carbonyl (C=O) groups is 1. The number of amides is 1. The summed E-state index contributed by atoms with van der Waals surface area (Å²) < 4.78 is 1.73. The number of hydrogen-bond acceptors (Lipinski definition) is 5. The summed E-state index contributed by atoms with van der Waals surface area (Å²) in [5, 5.41) is 7.24. The molecule has 0 bridgehead atoms. The summed E-state index contributed by atoms with van der Waals surface area (Å²) in [7, 11) is 0. The van der Waals surface area contributed by atoms with E-state index < -0.39 is 0 Å². The van der Waals surface area contributed by atoms with E-state index in [4.69, 9.17) is 0 Å². The third-order valence-electron chi connectivity index (χ3n) is 5.24. The highest BCUT2D eigenvalue weighted by Gasteiger charge is 2.33. The molecule has 0 radical (unpaired) electrons. The second-order valence-electron chi connectivity index (χ2n) is 7.08. The Morgan fingerprint density at radius 2 is 2.12 bits per heavy atom. The second-order valence-corrected chi connectivity index (χ2v) is 7.08. The molecular weight excluding hydrogens is 332 g/mol. The monoisotopic (exact) mass is 356 g/mol. The summed E-state index contributed by atoms with van der Waals surface area (Å²) in [6.45, 7) is 4.61. The molecule has 138 valence electrons. The van der Waals surface area contributed by atoms with E-state index in [1.807, 2.05) is 6.92 Å². The summed E-state index contributed by atoms with van der Waals surface area (Å²) >= 11 is 0. The number of anilines is 1. The Kier molecular flexibility index (Phi) is 4.48. The average Bonchev–Trinajstić information content (AvgIpc) is 3.27. The predicted octanol–water partition coefficient (Wildman–Crippen LogP) is 1.26. The van der Waals surface area contributed by atoms with Crippen LogP contribution in [0.2, 0.25) is 0 Å². The Morgan fingerprint density at radius 3 is 2.81 bits per heavy atom. The fraction of sp³-hybridized carbons (Fsp3) is 0.556. The van der Waals surface area contributed by atoms with E-state index in [2.05, 4.69) is 25.3 Å². The van der Waals surface area contributed by atoms with Crippen molar-refractivity contribution in [2.24, 2.45) is 0 Å². The van der Waals surface area contributed by atoms with Crippen molar-refractivity contribution in [3.8, 4) is 0 Å². The van der Waals surface area contributed by atoms with Gasteiger partial charge in [-0.3, -0.25) is 19.3 Å². The van der Waals surface area contributed by atoms with Crippen molar-refractivity contribution in [1.82, 2.24) is 25.1 Å². The van der Waals surface area contributed by atoms with Gasteiger partial charge in [-0.2, -0.15) is 5.10 Å². The second kappa shape index (κ2) is 6.93. The van der Waals surface area contributed by atoms with Crippen LogP contribution in [0.3, 0.4) is 0 Å². The minimum atomic E-state index is -0.141. The van der Waals surface area contributed by atoms with Crippen LogP contribution in [0.1, 0.15) is 54.7 Å². The maximum Gasteiger partial charge on any atom is 0.271 e. The van der Waals surface area contributed by atoms with Gasteiger partial charge >= 0.3 is 0 Å². The number of aromatic nitrogens is 4. The van der Waals surface area contributed by atoms with Crippen LogP contribution < -0.4 is 15.8 Å². The van der Waals surface area contributed by atoms with Gasteiger partial charge in [-0.1, -0.05) is 0 Å². The van der Waals surface area contributed by atoms with Gasteiger partial charge in [0.25, 0.3) is 11.5 Å². The van der Waals surface area contributed by atoms with E-state index in [0.29, 0.717) is 11.6 Å². The van der Waals surface area contributed by atoms with Gasteiger partial charge in [-0.25, -0.2) is 4.98 Å². The van der Waals surface area contributed by atoms with E-state index in [1.54, 1.807) is 23.0 Å². The van der Waals surface area contributed by atoms with Crippen molar-refractivity contribution in [2.75, 3.05) is 18.0 Å². The van der Waals surface area contributed by atoms with Crippen molar-refractivity contribution in [3.05, 3.63) is 40.1 Å². The number of nitrogens with zero attached hydrogens (tertiary/aromatic N) is 4. The SMILES string of the molecule is CCn1ccc(C(=O)NC2CC(c3cc(=O)[nH]c(N4CCCC4)n3)C2)n1. The van der Waals surface area contributed by atoms with Crippen LogP contribution in [0, 0.1) is 0 Å². The Labute approximate surface area is 151 Å². The molecule has 3 heterocycles. The smallest absolute Gasteiger partial charge is 0.271 e. The fourth-order valence-electron chi connectivity index (χ4n) is 3.65. The quantitative estimate of drug-likeness (QED) is 0.841. The molecule has 26 heavy (non-hydrogen) atoms. The zero-order valence-electron chi connectivity index (χ0n) is 14.9. The minimum Gasteiger partial charge on any atom is -0.348 e. The maximum absolute atomic E-state index is 12.2. The predicted molar refractivity (Wildman–Crippen MR) is 97.4 cm³/mol. The summed E-state index contributed by atoms with van der Waals surface area (Å²) in [5.41, 5.74) is 1.17. The molecular formula is C18H24N6O2. The van der Waals surface area contributed by atoms with Crippen LogP contribution in [0.5, 0.6) is 0 Å². The first-order chi connectivity index (χ1) is 12.6. The minimum absolute atomic E-state index is 0.102. The lowest BCUT2D eigenvalue weighted by Gasteiger charge is -2.35. The molecule has 0 atom stereocenters. The van der Waals surface area contributed by atoms with Crippen molar-refractivity contribution < 1.29 is 4.79 Å². The molecule has 8 heteroatoms. The third kappa shape index (κ3) is 3.36. The number of H-pyrrole nitrogens is 1. The number of aromatic amines is 1. The Balaban J connectivity index is 1.37. The van der Waals surface area contributed by atoms with Crippen LogP contribution in [0.15, 0.2) is 23.1 Å². The van der Waals surface area contributed by atoms with Crippen molar-refractivity contribution in [2.45, 2.75) is 51.1 Å². The highest BCUT2D eigenvalue weighted by atomic mass is 16.2. The number of aryl methyl sites for hydroxylation is 1. The van der Waals surface area contributed by atoms with Crippen LogP contribution in [0.25, 0.3) is 0 Å². The summed E-state index contributed by atoms with van der Waals surface area (Å²) in [4.78, 5) is 33.9. The molecule has 1 saturated carbocycles. The van der Waals surface area contributed by atoms with Gasteiger partial charge in [-0.15, -0.1) is 0 Å². The molecule has 4 rings (SSSR count). The normalized spacial score (nSPS) is 22.3. The number of nitrogens with one attached hydrogen (secondary N) is 2. The molecule has 0 unspecified atom stereocenters. The number of hydrogen-bond donors (Lipinski definition) is 2. The first kappa shape index (κ1) is 16.8. The highest BCUT2D eigenvalue weighted by molar-refractivity contribution is 5.92. The molecule has 2 aromatic heterocycles. The van der Waals surface area contributed by atoms with Gasteiger partial charge in [0.2, 0.25) is 5.95 Å². The highest BCUT2D eigenvalue weighted by Crippen LogP contribution is 2.36. The topological polar surface area (TPSA) is 95.9 Å². The number of carbonyl (C=O) groups excluding carboxylic acids is 1. The summed E-state index contributed by atoms with van der Waals surface area (Å²) in [5.74, 6) is 0.761. The lowest BCUT2D eigenvalue weighted by atomic mass is 9.78. The van der Waals surface area contributed by atoms with Gasteiger partial charge in [0.1, 0.15) is 5.69 Å². The molecule has 2 fully saturated rings. The van der Waals surface area contributed by atoms with Gasteiger partial charge < -0.3 is 10.2 Å². The first-order valence-corrected chi connectivity index (χ1v) is 9.33. The fourth-order valence-corrected chi connectivity index (χ4v) is 3.65. The standard InChI is InChI=1S/C18H24N6O2/c1-2-24-8-5-14(22-24)17(26)19-13-9-12(10-13)15-11-16(25)21-18(20-15)23-6-3-4-7-23/h5,8,11-13H,2-4,6-7,9-10H2,1H3,(H,19,26)(H,20,21,25). The molecule has 2 aliphatic rings. The van der Waals surface area contributed by atoms with Crippen molar-refractivity contribution >= 4 is 11.9 Å². The first-order valence-electron chi connectivity index (χ1n) is 9.33. The van der Waals surface area contributed by atoms with E-state index in [9.17, 15) is 9.59 Å². The Morgan fingerprint density at radius 1 is 1.35 bits per heavy atom. The molecule has 0 spiro atoms. The number of rotatable bonds is 5.